The van der Waals surface area contributed by atoms with Gasteiger partial charge in [0, 0.05) is 19.4 Å². The molecule has 9 heteroatoms. The second kappa shape index (κ2) is 14.9. The van der Waals surface area contributed by atoms with Crippen LogP contribution < -0.4 is 14.8 Å². The first-order chi connectivity index (χ1) is 17.9. The van der Waals surface area contributed by atoms with Crippen LogP contribution in [0, 0.1) is 11.8 Å². The summed E-state index contributed by atoms with van der Waals surface area (Å²) in [7, 11) is 0. The van der Waals surface area contributed by atoms with Gasteiger partial charge in [-0.15, -0.1) is 0 Å². The molecule has 2 aromatic carbocycles. The predicted molar refractivity (Wildman–Crippen MR) is 141 cm³/mol. The summed E-state index contributed by atoms with van der Waals surface area (Å²) in [6.07, 6.45) is -0.175. The summed E-state index contributed by atoms with van der Waals surface area (Å²) >= 11 is 0. The first kappa shape index (κ1) is 30.5. The summed E-state index contributed by atoms with van der Waals surface area (Å²) in [5.41, 5.74) is 0.956. The number of carbonyl (C=O) groups excluding carboxylic acids is 3. The largest absolute Gasteiger partial charge is 0.480 e. The van der Waals surface area contributed by atoms with Gasteiger partial charge in [-0.25, -0.2) is 4.79 Å². The van der Waals surface area contributed by atoms with Crippen molar-refractivity contribution in [3.63, 3.8) is 0 Å². The normalized spacial score (nSPS) is 12.6. The minimum Gasteiger partial charge on any atom is -0.480 e. The van der Waals surface area contributed by atoms with Crippen molar-refractivity contribution in [2.75, 3.05) is 6.54 Å². The van der Waals surface area contributed by atoms with Crippen molar-refractivity contribution < 1.29 is 38.5 Å². The predicted octanol–water partition coefficient (Wildman–Crippen LogP) is 4.42. The van der Waals surface area contributed by atoms with Crippen molar-refractivity contribution >= 4 is 23.9 Å². The second-order valence-corrected chi connectivity index (χ2v) is 10.0. The van der Waals surface area contributed by atoms with E-state index in [0.29, 0.717) is 11.1 Å². The number of rotatable bonds is 14. The minimum absolute atomic E-state index is 0.0453. The number of ether oxygens (including phenoxy) is 3. The standard InChI is InChI=1S/C29H37NO8/c1-18(2)13-26(31)37-24-12-11-21(16-25(24)38-27(32)14-19(3)4)15-23(28(33)34)30-17-20(5)36-29(35)22-9-7-6-8-10-22/h6-12,16,18-20,23,30H,13-15,17H2,1-5H3,(H,33,34)/t20?,23-/m0/s1. The van der Waals surface area contributed by atoms with Gasteiger partial charge in [0.05, 0.1) is 5.56 Å². The Hall–Kier alpha value is -3.72. The molecule has 38 heavy (non-hydrogen) atoms. The van der Waals surface area contributed by atoms with Crippen LogP contribution in [0.3, 0.4) is 0 Å². The second-order valence-electron chi connectivity index (χ2n) is 10.0. The third-order valence-electron chi connectivity index (χ3n) is 5.31. The van der Waals surface area contributed by atoms with Crippen molar-refractivity contribution in [1.82, 2.24) is 5.32 Å². The molecule has 0 aliphatic carbocycles. The lowest BCUT2D eigenvalue weighted by molar-refractivity contribution is -0.139. The van der Waals surface area contributed by atoms with E-state index < -0.39 is 36.0 Å². The lowest BCUT2D eigenvalue weighted by atomic mass is 10.0. The van der Waals surface area contributed by atoms with Gasteiger partial charge in [0.1, 0.15) is 12.1 Å². The Kier molecular flexibility index (Phi) is 11.9. The van der Waals surface area contributed by atoms with Crippen molar-refractivity contribution in [3.05, 3.63) is 59.7 Å². The highest BCUT2D eigenvalue weighted by molar-refractivity contribution is 5.89. The van der Waals surface area contributed by atoms with Gasteiger partial charge < -0.3 is 24.6 Å². The van der Waals surface area contributed by atoms with Crippen LogP contribution in [0.4, 0.5) is 0 Å². The van der Waals surface area contributed by atoms with Gasteiger partial charge >= 0.3 is 23.9 Å². The fourth-order valence-corrected chi connectivity index (χ4v) is 3.50. The van der Waals surface area contributed by atoms with Crippen molar-refractivity contribution in [2.24, 2.45) is 11.8 Å². The number of carboxylic acid groups (broad SMARTS) is 1. The lowest BCUT2D eigenvalue weighted by Gasteiger charge is -2.19. The Bertz CT molecular complexity index is 1100. The number of aliphatic carboxylic acids is 1. The molecule has 1 unspecified atom stereocenters. The molecule has 0 amide bonds. The molecule has 206 valence electrons. The number of hydrogen-bond acceptors (Lipinski definition) is 8. The molecule has 9 nitrogen and oxygen atoms in total. The number of hydrogen-bond donors (Lipinski definition) is 2. The van der Waals surface area contributed by atoms with Crippen LogP contribution in [0.1, 0.15) is 63.4 Å². The number of nitrogens with one attached hydrogen (secondary N) is 1. The number of carbonyl (C=O) groups is 4. The highest BCUT2D eigenvalue weighted by Crippen LogP contribution is 2.30. The summed E-state index contributed by atoms with van der Waals surface area (Å²) < 4.78 is 16.3. The van der Waals surface area contributed by atoms with Gasteiger partial charge in [0.2, 0.25) is 0 Å². The van der Waals surface area contributed by atoms with Crippen LogP contribution >= 0.6 is 0 Å². The molecule has 2 N–H and O–H groups in total. The molecule has 0 spiro atoms. The van der Waals surface area contributed by atoms with Crippen LogP contribution in [-0.4, -0.2) is 47.7 Å². The summed E-state index contributed by atoms with van der Waals surface area (Å²) in [5, 5.41) is 12.7. The molecule has 0 saturated heterocycles. The van der Waals surface area contributed by atoms with Crippen LogP contribution in [0.25, 0.3) is 0 Å². The molecular weight excluding hydrogens is 490 g/mol. The van der Waals surface area contributed by atoms with Crippen LogP contribution in [0.15, 0.2) is 48.5 Å². The van der Waals surface area contributed by atoms with Crippen LogP contribution in [-0.2, 0) is 25.5 Å². The summed E-state index contributed by atoms with van der Waals surface area (Å²) in [4.78, 5) is 48.7. The fourth-order valence-electron chi connectivity index (χ4n) is 3.50. The molecule has 0 bridgehead atoms. The van der Waals surface area contributed by atoms with E-state index in [1.54, 1.807) is 43.3 Å². The maximum absolute atomic E-state index is 12.3. The first-order valence-corrected chi connectivity index (χ1v) is 12.7. The summed E-state index contributed by atoms with van der Waals surface area (Å²) in [6, 6.07) is 12.1. The molecule has 0 heterocycles. The van der Waals surface area contributed by atoms with E-state index in [0.717, 1.165) is 0 Å². The van der Waals surface area contributed by atoms with Gasteiger partial charge in [-0.1, -0.05) is 52.0 Å². The molecule has 0 fully saturated rings. The average Bonchev–Trinajstić information content (AvgIpc) is 2.82. The third-order valence-corrected chi connectivity index (χ3v) is 5.31. The average molecular weight is 528 g/mol. The topological polar surface area (TPSA) is 128 Å². The smallest absolute Gasteiger partial charge is 0.338 e. The maximum atomic E-state index is 12.3. The molecule has 0 aliphatic rings. The Balaban J connectivity index is 2.11. The molecule has 0 radical (unpaired) electrons. The molecule has 0 aromatic heterocycles. The maximum Gasteiger partial charge on any atom is 0.338 e. The molecule has 2 atom stereocenters. The molecule has 2 aromatic rings. The van der Waals surface area contributed by atoms with E-state index in [-0.39, 0.29) is 49.1 Å². The zero-order chi connectivity index (χ0) is 28.2. The zero-order valence-electron chi connectivity index (χ0n) is 22.6. The zero-order valence-corrected chi connectivity index (χ0v) is 22.6. The SMILES string of the molecule is CC(C)CC(=O)Oc1ccc(C[C@H](NCC(C)OC(=O)c2ccccc2)C(=O)O)cc1OC(=O)CC(C)C. The van der Waals surface area contributed by atoms with Crippen molar-refractivity contribution in [3.8, 4) is 11.5 Å². The summed E-state index contributed by atoms with van der Waals surface area (Å²) in [5.74, 6) is -2.24. The van der Waals surface area contributed by atoms with Gasteiger partial charge in [0.25, 0.3) is 0 Å². The van der Waals surface area contributed by atoms with Crippen LogP contribution in [0.2, 0.25) is 0 Å². The van der Waals surface area contributed by atoms with E-state index in [2.05, 4.69) is 5.32 Å². The van der Waals surface area contributed by atoms with Crippen molar-refractivity contribution in [2.45, 2.75) is 66.0 Å². The molecular formula is C29H37NO8. The van der Waals surface area contributed by atoms with Crippen molar-refractivity contribution in [1.29, 1.82) is 0 Å². The fraction of sp³-hybridized carbons (Fsp3) is 0.448. The highest BCUT2D eigenvalue weighted by atomic mass is 16.6. The van der Waals surface area contributed by atoms with E-state index in [4.69, 9.17) is 14.2 Å². The minimum atomic E-state index is -1.10. The Morgan fingerprint density at radius 1 is 0.816 bits per heavy atom. The Labute approximate surface area is 223 Å². The monoisotopic (exact) mass is 527 g/mol. The van der Waals surface area contributed by atoms with Crippen LogP contribution in [0.5, 0.6) is 11.5 Å². The van der Waals surface area contributed by atoms with Gasteiger partial charge in [-0.3, -0.25) is 14.4 Å². The van der Waals surface area contributed by atoms with Gasteiger partial charge in [-0.05, 0) is 55.0 Å². The first-order valence-electron chi connectivity index (χ1n) is 12.7. The van der Waals surface area contributed by atoms with E-state index >= 15 is 0 Å². The van der Waals surface area contributed by atoms with Gasteiger partial charge in [-0.2, -0.15) is 0 Å². The number of carboxylic acids is 1. The number of esters is 3. The number of benzene rings is 2. The highest BCUT2D eigenvalue weighted by Gasteiger charge is 2.22. The Morgan fingerprint density at radius 2 is 1.39 bits per heavy atom. The van der Waals surface area contributed by atoms with E-state index in [9.17, 15) is 24.3 Å². The molecule has 0 aliphatic heterocycles. The lowest BCUT2D eigenvalue weighted by Crippen LogP contribution is -2.42. The Morgan fingerprint density at radius 3 is 1.95 bits per heavy atom. The third kappa shape index (κ3) is 10.7. The summed E-state index contributed by atoms with van der Waals surface area (Å²) in [6.45, 7) is 9.30. The quantitative estimate of drug-likeness (QED) is 0.271. The molecule has 2 rings (SSSR count). The van der Waals surface area contributed by atoms with E-state index in [1.807, 2.05) is 27.7 Å². The van der Waals surface area contributed by atoms with E-state index in [1.165, 1.54) is 12.1 Å². The van der Waals surface area contributed by atoms with Gasteiger partial charge in [0.15, 0.2) is 11.5 Å². The molecule has 0 saturated carbocycles.